The molecule has 0 spiro atoms. The third-order valence-corrected chi connectivity index (χ3v) is 4.20. The molecule has 0 saturated carbocycles. The van der Waals surface area contributed by atoms with E-state index in [0.717, 1.165) is 22.6 Å². The van der Waals surface area contributed by atoms with Crippen molar-refractivity contribution < 1.29 is 4.42 Å². The van der Waals surface area contributed by atoms with E-state index in [1.807, 2.05) is 12.3 Å². The van der Waals surface area contributed by atoms with Crippen molar-refractivity contribution in [3.8, 4) is 0 Å². The minimum atomic E-state index is 0.605. The molecule has 1 unspecified atom stereocenters. The van der Waals surface area contributed by atoms with Crippen molar-refractivity contribution in [3.63, 3.8) is 0 Å². The standard InChI is InChI=1S/C14H14Br2O/c15-9-13(8-12-5-6-17-10-12)7-11-1-3-14(16)4-2-11/h1-6,10,13H,7-9H2. The SMILES string of the molecule is BrCC(Cc1ccc(Br)cc1)Cc1ccoc1. The molecule has 0 aliphatic carbocycles. The Kier molecular flexibility index (Phi) is 4.86. The van der Waals surface area contributed by atoms with E-state index in [9.17, 15) is 0 Å². The lowest BCUT2D eigenvalue weighted by Gasteiger charge is -2.13. The summed E-state index contributed by atoms with van der Waals surface area (Å²) in [6.45, 7) is 0. The lowest BCUT2D eigenvalue weighted by atomic mass is 9.95. The van der Waals surface area contributed by atoms with Gasteiger partial charge in [0.05, 0.1) is 12.5 Å². The fourth-order valence-corrected chi connectivity index (χ4v) is 2.60. The van der Waals surface area contributed by atoms with Crippen LogP contribution in [-0.4, -0.2) is 5.33 Å². The zero-order valence-electron chi connectivity index (χ0n) is 9.40. The van der Waals surface area contributed by atoms with Crippen molar-refractivity contribution in [2.45, 2.75) is 12.8 Å². The fraction of sp³-hybridized carbons (Fsp3) is 0.286. The largest absolute Gasteiger partial charge is 0.472 e. The summed E-state index contributed by atoms with van der Waals surface area (Å²) in [6, 6.07) is 10.6. The monoisotopic (exact) mass is 356 g/mol. The maximum atomic E-state index is 5.10. The van der Waals surface area contributed by atoms with Crippen molar-refractivity contribution in [1.29, 1.82) is 0 Å². The molecule has 1 aromatic carbocycles. The van der Waals surface area contributed by atoms with E-state index in [-0.39, 0.29) is 0 Å². The van der Waals surface area contributed by atoms with Crippen LogP contribution in [0.2, 0.25) is 0 Å². The summed E-state index contributed by atoms with van der Waals surface area (Å²) in [6.07, 6.45) is 5.71. The van der Waals surface area contributed by atoms with Crippen LogP contribution in [0.25, 0.3) is 0 Å². The second-order valence-corrected chi connectivity index (χ2v) is 5.75. The second-order valence-electron chi connectivity index (χ2n) is 4.19. The van der Waals surface area contributed by atoms with E-state index in [2.05, 4.69) is 56.1 Å². The van der Waals surface area contributed by atoms with Gasteiger partial charge in [-0.05, 0) is 48.1 Å². The molecular weight excluding hydrogens is 344 g/mol. The van der Waals surface area contributed by atoms with E-state index in [1.165, 1.54) is 11.1 Å². The molecule has 0 fully saturated rings. The Labute approximate surface area is 118 Å². The zero-order valence-corrected chi connectivity index (χ0v) is 12.6. The highest BCUT2D eigenvalue weighted by Gasteiger charge is 2.10. The van der Waals surface area contributed by atoms with Crippen molar-refractivity contribution in [2.24, 2.45) is 5.92 Å². The van der Waals surface area contributed by atoms with E-state index in [1.54, 1.807) is 6.26 Å². The van der Waals surface area contributed by atoms with Crippen LogP contribution in [0, 0.1) is 5.92 Å². The summed E-state index contributed by atoms with van der Waals surface area (Å²) in [5, 5.41) is 1.01. The van der Waals surface area contributed by atoms with Crippen LogP contribution in [-0.2, 0) is 12.8 Å². The van der Waals surface area contributed by atoms with Gasteiger partial charge in [-0.15, -0.1) is 0 Å². The highest BCUT2D eigenvalue weighted by atomic mass is 79.9. The smallest absolute Gasteiger partial charge is 0.0934 e. The first-order valence-corrected chi connectivity index (χ1v) is 7.51. The molecule has 2 rings (SSSR count). The molecule has 1 atom stereocenters. The predicted molar refractivity (Wildman–Crippen MR) is 77.5 cm³/mol. The molecule has 0 saturated heterocycles. The first kappa shape index (κ1) is 12.9. The molecule has 0 amide bonds. The van der Waals surface area contributed by atoms with Gasteiger partial charge in [-0.2, -0.15) is 0 Å². The first-order chi connectivity index (χ1) is 8.28. The van der Waals surface area contributed by atoms with Crippen molar-refractivity contribution in [1.82, 2.24) is 0 Å². The zero-order chi connectivity index (χ0) is 12.1. The average molecular weight is 358 g/mol. The van der Waals surface area contributed by atoms with E-state index < -0.39 is 0 Å². The van der Waals surface area contributed by atoms with Crippen LogP contribution in [0.4, 0.5) is 0 Å². The van der Waals surface area contributed by atoms with Gasteiger partial charge in [-0.1, -0.05) is 44.0 Å². The van der Waals surface area contributed by atoms with Gasteiger partial charge in [0, 0.05) is 9.80 Å². The summed E-state index contributed by atoms with van der Waals surface area (Å²) in [5.74, 6) is 0.605. The molecular formula is C14H14Br2O. The average Bonchev–Trinajstić information content (AvgIpc) is 2.84. The summed E-state index contributed by atoms with van der Waals surface area (Å²) in [5.41, 5.74) is 2.65. The molecule has 0 aliphatic rings. The maximum absolute atomic E-state index is 5.10. The van der Waals surface area contributed by atoms with E-state index in [4.69, 9.17) is 4.42 Å². The lowest BCUT2D eigenvalue weighted by Crippen LogP contribution is -2.09. The van der Waals surface area contributed by atoms with Gasteiger partial charge in [0.25, 0.3) is 0 Å². The molecule has 1 nitrogen and oxygen atoms in total. The summed E-state index contributed by atoms with van der Waals surface area (Å²) < 4.78 is 6.24. The number of hydrogen-bond acceptors (Lipinski definition) is 1. The third-order valence-electron chi connectivity index (χ3n) is 2.76. The number of alkyl halides is 1. The maximum Gasteiger partial charge on any atom is 0.0934 e. The third kappa shape index (κ3) is 4.00. The molecule has 90 valence electrons. The molecule has 1 aromatic heterocycles. The molecule has 0 radical (unpaired) electrons. The van der Waals surface area contributed by atoms with Gasteiger partial charge in [0.1, 0.15) is 0 Å². The molecule has 1 heterocycles. The Morgan fingerprint density at radius 3 is 2.29 bits per heavy atom. The Morgan fingerprint density at radius 1 is 1.00 bits per heavy atom. The van der Waals surface area contributed by atoms with Gasteiger partial charge in [-0.25, -0.2) is 0 Å². The topological polar surface area (TPSA) is 13.1 Å². The first-order valence-electron chi connectivity index (χ1n) is 5.59. The van der Waals surface area contributed by atoms with Crippen LogP contribution in [0.15, 0.2) is 51.7 Å². The van der Waals surface area contributed by atoms with Crippen molar-refractivity contribution >= 4 is 31.9 Å². The molecule has 17 heavy (non-hydrogen) atoms. The highest BCUT2D eigenvalue weighted by molar-refractivity contribution is 9.10. The number of furan rings is 1. The number of rotatable bonds is 5. The van der Waals surface area contributed by atoms with E-state index >= 15 is 0 Å². The summed E-state index contributed by atoms with van der Waals surface area (Å²) >= 11 is 7.05. The van der Waals surface area contributed by atoms with Crippen molar-refractivity contribution in [2.75, 3.05) is 5.33 Å². The summed E-state index contributed by atoms with van der Waals surface area (Å²) in [7, 11) is 0. The highest BCUT2D eigenvalue weighted by Crippen LogP contribution is 2.19. The predicted octanol–water partition coefficient (Wildman–Crippen LogP) is 4.84. The Bertz CT molecular complexity index is 434. The molecule has 0 bridgehead atoms. The molecule has 2 aromatic rings. The van der Waals surface area contributed by atoms with Crippen LogP contribution in [0.1, 0.15) is 11.1 Å². The van der Waals surface area contributed by atoms with Gasteiger partial charge < -0.3 is 4.42 Å². The number of benzene rings is 1. The molecule has 3 heteroatoms. The van der Waals surface area contributed by atoms with Crippen molar-refractivity contribution in [3.05, 3.63) is 58.5 Å². The van der Waals surface area contributed by atoms with Gasteiger partial charge in [0.15, 0.2) is 0 Å². The van der Waals surface area contributed by atoms with Crippen LogP contribution in [0.5, 0.6) is 0 Å². The minimum absolute atomic E-state index is 0.605. The second kappa shape index (κ2) is 6.41. The molecule has 0 N–H and O–H groups in total. The van der Waals surface area contributed by atoms with Gasteiger partial charge >= 0.3 is 0 Å². The summed E-state index contributed by atoms with van der Waals surface area (Å²) in [4.78, 5) is 0. The van der Waals surface area contributed by atoms with Gasteiger partial charge in [-0.3, -0.25) is 0 Å². The quantitative estimate of drug-likeness (QED) is 0.698. The Morgan fingerprint density at radius 2 is 1.71 bits per heavy atom. The normalized spacial score (nSPS) is 12.6. The fourth-order valence-electron chi connectivity index (χ4n) is 1.88. The Balaban J connectivity index is 1.97. The number of hydrogen-bond donors (Lipinski definition) is 0. The van der Waals surface area contributed by atoms with Crippen LogP contribution < -0.4 is 0 Å². The number of halogens is 2. The van der Waals surface area contributed by atoms with Crippen LogP contribution >= 0.6 is 31.9 Å². The van der Waals surface area contributed by atoms with Crippen LogP contribution in [0.3, 0.4) is 0 Å². The lowest BCUT2D eigenvalue weighted by molar-refractivity contribution is 0.550. The minimum Gasteiger partial charge on any atom is -0.472 e. The Hall–Kier alpha value is -0.540. The van der Waals surface area contributed by atoms with Gasteiger partial charge in [0.2, 0.25) is 0 Å². The molecule has 0 aliphatic heterocycles. The van der Waals surface area contributed by atoms with E-state index in [0.29, 0.717) is 5.92 Å².